The first kappa shape index (κ1) is 13.5. The molecule has 0 atom stereocenters. The van der Waals surface area contributed by atoms with E-state index in [0.29, 0.717) is 12.4 Å². The third-order valence-electron chi connectivity index (χ3n) is 3.00. The molecule has 0 amide bonds. The molecule has 0 unspecified atom stereocenters. The van der Waals surface area contributed by atoms with Gasteiger partial charge in [0, 0.05) is 23.8 Å². The minimum Gasteiger partial charge on any atom is -0.368 e. The van der Waals surface area contributed by atoms with E-state index in [2.05, 4.69) is 20.3 Å². The van der Waals surface area contributed by atoms with Crippen molar-refractivity contribution >= 4 is 23.4 Å². The summed E-state index contributed by atoms with van der Waals surface area (Å²) >= 11 is 5.87. The number of nitrogens with zero attached hydrogens (tertiary/aromatic N) is 2. The Morgan fingerprint density at radius 3 is 2.67 bits per heavy atom. The molecule has 3 aromatic rings. The predicted molar refractivity (Wildman–Crippen MR) is 85.0 cm³/mol. The number of nitrogens with two attached hydrogens (primary N) is 1. The summed E-state index contributed by atoms with van der Waals surface area (Å²) in [7, 11) is 0. The van der Waals surface area contributed by atoms with Gasteiger partial charge in [-0.05, 0) is 29.8 Å². The van der Waals surface area contributed by atoms with Gasteiger partial charge in [0.25, 0.3) is 0 Å². The van der Waals surface area contributed by atoms with Crippen LogP contribution in [-0.2, 0) is 6.54 Å². The van der Waals surface area contributed by atoms with E-state index in [9.17, 15) is 0 Å². The van der Waals surface area contributed by atoms with Crippen molar-refractivity contribution in [2.45, 2.75) is 6.54 Å². The number of anilines is 2. The number of nitrogen functional groups attached to an aromatic ring is 1. The number of benzene rings is 1. The van der Waals surface area contributed by atoms with Gasteiger partial charge < -0.3 is 16.0 Å². The Balaban J connectivity index is 1.78. The molecule has 6 heteroatoms. The largest absolute Gasteiger partial charge is 0.368 e. The summed E-state index contributed by atoms with van der Waals surface area (Å²) in [5, 5.41) is 3.96. The first-order valence-electron chi connectivity index (χ1n) is 6.47. The molecule has 0 saturated heterocycles. The molecule has 2 aromatic heterocycles. The third-order valence-corrected chi connectivity index (χ3v) is 3.26. The molecule has 2 heterocycles. The summed E-state index contributed by atoms with van der Waals surface area (Å²) in [5.41, 5.74) is 8.53. The summed E-state index contributed by atoms with van der Waals surface area (Å²) in [6, 6.07) is 13.4. The molecule has 0 aliphatic rings. The van der Waals surface area contributed by atoms with Crippen molar-refractivity contribution in [1.82, 2.24) is 15.0 Å². The smallest absolute Gasteiger partial charge is 0.222 e. The molecule has 0 radical (unpaired) electrons. The van der Waals surface area contributed by atoms with Gasteiger partial charge in [0.1, 0.15) is 5.82 Å². The summed E-state index contributed by atoms with van der Waals surface area (Å²) in [6.45, 7) is 0.637. The fourth-order valence-corrected chi connectivity index (χ4v) is 2.10. The van der Waals surface area contributed by atoms with Crippen molar-refractivity contribution in [3.63, 3.8) is 0 Å². The highest BCUT2D eigenvalue weighted by molar-refractivity contribution is 6.30. The van der Waals surface area contributed by atoms with Crippen molar-refractivity contribution in [1.29, 1.82) is 0 Å². The molecule has 0 bridgehead atoms. The van der Waals surface area contributed by atoms with Crippen LogP contribution in [-0.4, -0.2) is 15.0 Å². The van der Waals surface area contributed by atoms with Gasteiger partial charge in [0.2, 0.25) is 5.95 Å². The van der Waals surface area contributed by atoms with Gasteiger partial charge in [-0.25, -0.2) is 4.98 Å². The van der Waals surface area contributed by atoms with Crippen LogP contribution in [0.1, 0.15) is 5.56 Å². The summed E-state index contributed by atoms with van der Waals surface area (Å²) in [6.07, 6.45) is 1.84. The summed E-state index contributed by atoms with van der Waals surface area (Å²) in [5.74, 6) is 0.919. The minimum atomic E-state index is 0.237. The molecule has 3 rings (SSSR count). The third kappa shape index (κ3) is 3.32. The Bertz CT molecular complexity index is 722. The number of rotatable bonds is 4. The molecule has 4 N–H and O–H groups in total. The quantitative estimate of drug-likeness (QED) is 0.690. The molecule has 0 aliphatic carbocycles. The lowest BCUT2D eigenvalue weighted by Gasteiger charge is -2.08. The van der Waals surface area contributed by atoms with Gasteiger partial charge in [-0.15, -0.1) is 0 Å². The van der Waals surface area contributed by atoms with Gasteiger partial charge in [-0.3, -0.25) is 0 Å². The van der Waals surface area contributed by atoms with Crippen molar-refractivity contribution in [2.75, 3.05) is 11.1 Å². The van der Waals surface area contributed by atoms with Crippen molar-refractivity contribution < 1.29 is 0 Å². The van der Waals surface area contributed by atoms with Crippen LogP contribution in [0.25, 0.3) is 11.4 Å². The first-order valence-corrected chi connectivity index (χ1v) is 6.85. The monoisotopic (exact) mass is 299 g/mol. The molecule has 0 spiro atoms. The standard InChI is InChI=1S/C15H14ClN5/c16-11-5-3-10(4-6-11)9-19-14-8-13(20-15(17)21-14)12-2-1-7-18-12/h1-8,18H,9H2,(H3,17,19,20,21). The van der Waals surface area contributed by atoms with E-state index in [4.69, 9.17) is 17.3 Å². The highest BCUT2D eigenvalue weighted by atomic mass is 35.5. The molecule has 5 nitrogen and oxygen atoms in total. The molecular formula is C15H14ClN5. The van der Waals surface area contributed by atoms with Gasteiger partial charge >= 0.3 is 0 Å². The van der Waals surface area contributed by atoms with Crippen LogP contribution in [0.5, 0.6) is 0 Å². The molecule has 0 fully saturated rings. The Morgan fingerprint density at radius 2 is 1.95 bits per heavy atom. The zero-order valence-electron chi connectivity index (χ0n) is 11.2. The van der Waals surface area contributed by atoms with Crippen LogP contribution in [0.15, 0.2) is 48.7 Å². The minimum absolute atomic E-state index is 0.237. The second-order valence-electron chi connectivity index (χ2n) is 4.56. The van der Waals surface area contributed by atoms with E-state index in [1.807, 2.05) is 48.7 Å². The second kappa shape index (κ2) is 5.85. The van der Waals surface area contributed by atoms with E-state index in [1.54, 1.807) is 0 Å². The average Bonchev–Trinajstić information content (AvgIpc) is 3.00. The second-order valence-corrected chi connectivity index (χ2v) is 5.00. The maximum absolute atomic E-state index is 5.87. The van der Waals surface area contributed by atoms with Crippen molar-refractivity contribution in [3.8, 4) is 11.4 Å². The van der Waals surface area contributed by atoms with Crippen LogP contribution in [0, 0.1) is 0 Å². The fourth-order valence-electron chi connectivity index (χ4n) is 1.98. The highest BCUT2D eigenvalue weighted by Gasteiger charge is 2.05. The molecule has 1 aromatic carbocycles. The van der Waals surface area contributed by atoms with Crippen LogP contribution in [0.2, 0.25) is 5.02 Å². The SMILES string of the molecule is Nc1nc(NCc2ccc(Cl)cc2)cc(-c2ccc[nH]2)n1. The number of hydrogen-bond donors (Lipinski definition) is 3. The lowest BCUT2D eigenvalue weighted by atomic mass is 10.2. The Labute approximate surface area is 127 Å². The van der Waals surface area contributed by atoms with Gasteiger partial charge in [0.05, 0.1) is 11.4 Å². The number of aromatic amines is 1. The summed E-state index contributed by atoms with van der Waals surface area (Å²) in [4.78, 5) is 11.5. The Morgan fingerprint density at radius 1 is 1.14 bits per heavy atom. The van der Waals surface area contributed by atoms with Crippen molar-refractivity contribution in [2.24, 2.45) is 0 Å². The van der Waals surface area contributed by atoms with E-state index >= 15 is 0 Å². The predicted octanol–water partition coefficient (Wildman–Crippen LogP) is 3.32. The van der Waals surface area contributed by atoms with Crippen LogP contribution >= 0.6 is 11.6 Å². The number of H-pyrrole nitrogens is 1. The molecule has 0 saturated carbocycles. The van der Waals surface area contributed by atoms with E-state index < -0.39 is 0 Å². The maximum atomic E-state index is 5.87. The molecule has 106 valence electrons. The highest BCUT2D eigenvalue weighted by Crippen LogP contribution is 2.19. The van der Waals surface area contributed by atoms with E-state index in [0.717, 1.165) is 22.0 Å². The first-order chi connectivity index (χ1) is 10.2. The fraction of sp³-hybridized carbons (Fsp3) is 0.0667. The number of aromatic nitrogens is 3. The molecule has 0 aliphatic heterocycles. The normalized spacial score (nSPS) is 10.5. The Hall–Kier alpha value is -2.53. The molecular weight excluding hydrogens is 286 g/mol. The van der Waals surface area contributed by atoms with E-state index in [-0.39, 0.29) is 5.95 Å². The van der Waals surface area contributed by atoms with E-state index in [1.165, 1.54) is 0 Å². The maximum Gasteiger partial charge on any atom is 0.222 e. The average molecular weight is 300 g/mol. The number of halogens is 1. The van der Waals surface area contributed by atoms with Crippen LogP contribution < -0.4 is 11.1 Å². The molecule has 21 heavy (non-hydrogen) atoms. The van der Waals surface area contributed by atoms with Crippen LogP contribution in [0.3, 0.4) is 0 Å². The topological polar surface area (TPSA) is 79.6 Å². The number of hydrogen-bond acceptors (Lipinski definition) is 4. The lowest BCUT2D eigenvalue weighted by molar-refractivity contribution is 1.09. The van der Waals surface area contributed by atoms with Crippen molar-refractivity contribution in [3.05, 3.63) is 59.2 Å². The van der Waals surface area contributed by atoms with Crippen LogP contribution in [0.4, 0.5) is 11.8 Å². The van der Waals surface area contributed by atoms with Gasteiger partial charge in [-0.1, -0.05) is 23.7 Å². The zero-order chi connectivity index (χ0) is 14.7. The van der Waals surface area contributed by atoms with Gasteiger partial charge in [0.15, 0.2) is 0 Å². The zero-order valence-corrected chi connectivity index (χ0v) is 11.9. The lowest BCUT2D eigenvalue weighted by Crippen LogP contribution is -2.05. The van der Waals surface area contributed by atoms with Gasteiger partial charge in [-0.2, -0.15) is 4.98 Å². The Kier molecular flexibility index (Phi) is 3.75. The number of nitrogens with one attached hydrogen (secondary N) is 2. The summed E-state index contributed by atoms with van der Waals surface area (Å²) < 4.78 is 0.